The second kappa shape index (κ2) is 7.01. The van der Waals surface area contributed by atoms with Crippen molar-refractivity contribution in [3.8, 4) is 0 Å². The maximum absolute atomic E-state index is 12.6. The number of halogens is 1. The Labute approximate surface area is 101 Å². The quantitative estimate of drug-likeness (QED) is 0.793. The Balaban J connectivity index is 2.32. The summed E-state index contributed by atoms with van der Waals surface area (Å²) >= 11 is 0. The summed E-state index contributed by atoms with van der Waals surface area (Å²) in [6.07, 6.45) is 1.28. The lowest BCUT2D eigenvalue weighted by molar-refractivity contribution is -0.120. The fourth-order valence-electron chi connectivity index (χ4n) is 1.52. The monoisotopic (exact) mass is 239 g/mol. The van der Waals surface area contributed by atoms with Gasteiger partial charge in [0.25, 0.3) is 0 Å². The van der Waals surface area contributed by atoms with Crippen molar-refractivity contribution in [2.75, 3.05) is 6.54 Å². The molecular formula is C13H18FNO2. The number of benzene rings is 1. The van der Waals surface area contributed by atoms with Crippen molar-refractivity contribution in [2.45, 2.75) is 32.3 Å². The molecule has 0 aliphatic heterocycles. The summed E-state index contributed by atoms with van der Waals surface area (Å²) in [7, 11) is 0. The highest BCUT2D eigenvalue weighted by molar-refractivity contribution is 5.78. The van der Waals surface area contributed by atoms with Gasteiger partial charge in [0.1, 0.15) is 5.82 Å². The molecule has 1 atom stereocenters. The molecule has 0 spiro atoms. The van der Waals surface area contributed by atoms with Crippen LogP contribution in [0.1, 0.15) is 25.3 Å². The summed E-state index contributed by atoms with van der Waals surface area (Å²) in [6.45, 7) is 2.25. The third kappa shape index (κ3) is 5.45. The van der Waals surface area contributed by atoms with Crippen LogP contribution in [0, 0.1) is 5.82 Å². The van der Waals surface area contributed by atoms with Crippen LogP contribution in [0.15, 0.2) is 24.3 Å². The second-order valence-corrected chi connectivity index (χ2v) is 4.05. The molecule has 1 rings (SSSR count). The molecule has 0 saturated carbocycles. The van der Waals surface area contributed by atoms with Gasteiger partial charge in [-0.3, -0.25) is 4.79 Å². The van der Waals surface area contributed by atoms with Crippen LogP contribution in [0.5, 0.6) is 0 Å². The first-order valence-corrected chi connectivity index (χ1v) is 5.81. The average Bonchev–Trinajstić information content (AvgIpc) is 2.30. The predicted octanol–water partition coefficient (Wildman–Crippen LogP) is 1.65. The maximum Gasteiger partial charge on any atom is 0.224 e. The van der Waals surface area contributed by atoms with Gasteiger partial charge >= 0.3 is 0 Å². The normalized spacial score (nSPS) is 12.2. The first-order valence-electron chi connectivity index (χ1n) is 5.81. The standard InChI is InChI=1S/C13H18FNO2/c1-2-3-12(16)9-15-13(17)8-10-4-6-11(14)7-5-10/h4-7,12,16H,2-3,8-9H2,1H3,(H,15,17). The largest absolute Gasteiger partial charge is 0.391 e. The second-order valence-electron chi connectivity index (χ2n) is 4.05. The van der Waals surface area contributed by atoms with Crippen LogP contribution < -0.4 is 5.32 Å². The lowest BCUT2D eigenvalue weighted by Crippen LogP contribution is -2.33. The molecule has 0 aliphatic carbocycles. The molecule has 0 heterocycles. The molecule has 2 N–H and O–H groups in total. The van der Waals surface area contributed by atoms with E-state index in [1.807, 2.05) is 6.92 Å². The Bertz CT molecular complexity index is 351. The lowest BCUT2D eigenvalue weighted by Gasteiger charge is -2.10. The summed E-state index contributed by atoms with van der Waals surface area (Å²) in [4.78, 5) is 11.5. The van der Waals surface area contributed by atoms with E-state index in [9.17, 15) is 14.3 Å². The van der Waals surface area contributed by atoms with Crippen LogP contribution in [0.25, 0.3) is 0 Å². The highest BCUT2D eigenvalue weighted by atomic mass is 19.1. The zero-order valence-electron chi connectivity index (χ0n) is 9.95. The molecular weight excluding hydrogens is 221 g/mol. The van der Waals surface area contributed by atoms with E-state index in [2.05, 4.69) is 5.32 Å². The molecule has 1 unspecified atom stereocenters. The van der Waals surface area contributed by atoms with E-state index in [1.165, 1.54) is 12.1 Å². The van der Waals surface area contributed by atoms with Crippen molar-refractivity contribution < 1.29 is 14.3 Å². The van der Waals surface area contributed by atoms with Gasteiger partial charge in [0.2, 0.25) is 5.91 Å². The Morgan fingerprint density at radius 2 is 2.06 bits per heavy atom. The third-order valence-corrected chi connectivity index (χ3v) is 2.43. The Morgan fingerprint density at radius 3 is 2.65 bits per heavy atom. The fourth-order valence-corrected chi connectivity index (χ4v) is 1.52. The van der Waals surface area contributed by atoms with Gasteiger partial charge in [-0.25, -0.2) is 4.39 Å². The molecule has 0 aromatic heterocycles. The van der Waals surface area contributed by atoms with E-state index >= 15 is 0 Å². The first kappa shape index (κ1) is 13.6. The number of aliphatic hydroxyl groups is 1. The van der Waals surface area contributed by atoms with Crippen LogP contribution in [-0.2, 0) is 11.2 Å². The van der Waals surface area contributed by atoms with Crippen LogP contribution in [-0.4, -0.2) is 23.7 Å². The van der Waals surface area contributed by atoms with E-state index in [-0.39, 0.29) is 24.7 Å². The van der Waals surface area contributed by atoms with Crippen LogP contribution in [0.2, 0.25) is 0 Å². The van der Waals surface area contributed by atoms with Crippen LogP contribution >= 0.6 is 0 Å². The highest BCUT2D eigenvalue weighted by Gasteiger charge is 2.06. The minimum absolute atomic E-state index is 0.160. The van der Waals surface area contributed by atoms with Gasteiger partial charge in [-0.1, -0.05) is 25.5 Å². The number of hydrogen-bond donors (Lipinski definition) is 2. The fraction of sp³-hybridized carbons (Fsp3) is 0.462. The van der Waals surface area contributed by atoms with E-state index in [1.54, 1.807) is 12.1 Å². The lowest BCUT2D eigenvalue weighted by atomic mass is 10.1. The number of carbonyl (C=O) groups excluding carboxylic acids is 1. The summed E-state index contributed by atoms with van der Waals surface area (Å²) in [5, 5.41) is 12.1. The summed E-state index contributed by atoms with van der Waals surface area (Å²) in [6, 6.07) is 5.82. The Morgan fingerprint density at radius 1 is 1.41 bits per heavy atom. The average molecular weight is 239 g/mol. The maximum atomic E-state index is 12.6. The van der Waals surface area contributed by atoms with E-state index in [0.29, 0.717) is 6.42 Å². The molecule has 0 fully saturated rings. The van der Waals surface area contributed by atoms with E-state index < -0.39 is 6.10 Å². The van der Waals surface area contributed by atoms with Crippen molar-refractivity contribution >= 4 is 5.91 Å². The smallest absolute Gasteiger partial charge is 0.224 e. The summed E-state index contributed by atoms with van der Waals surface area (Å²) in [5.41, 5.74) is 0.758. The summed E-state index contributed by atoms with van der Waals surface area (Å²) in [5.74, 6) is -0.473. The van der Waals surface area contributed by atoms with Crippen molar-refractivity contribution in [3.63, 3.8) is 0 Å². The van der Waals surface area contributed by atoms with E-state index in [0.717, 1.165) is 12.0 Å². The van der Waals surface area contributed by atoms with Gasteiger partial charge in [-0.15, -0.1) is 0 Å². The Hall–Kier alpha value is -1.42. The van der Waals surface area contributed by atoms with Gasteiger partial charge in [0.05, 0.1) is 12.5 Å². The molecule has 0 bridgehead atoms. The molecule has 94 valence electrons. The minimum Gasteiger partial charge on any atom is -0.391 e. The molecule has 0 saturated heterocycles. The number of amides is 1. The number of carbonyl (C=O) groups is 1. The van der Waals surface area contributed by atoms with E-state index in [4.69, 9.17) is 0 Å². The minimum atomic E-state index is -0.489. The number of hydrogen-bond acceptors (Lipinski definition) is 2. The SMILES string of the molecule is CCCC(O)CNC(=O)Cc1ccc(F)cc1. The molecule has 1 aromatic rings. The Kier molecular flexibility index (Phi) is 5.63. The number of rotatable bonds is 6. The molecule has 1 amide bonds. The van der Waals surface area contributed by atoms with Gasteiger partial charge < -0.3 is 10.4 Å². The molecule has 1 aromatic carbocycles. The van der Waals surface area contributed by atoms with Crippen LogP contribution in [0.3, 0.4) is 0 Å². The zero-order valence-corrected chi connectivity index (χ0v) is 9.95. The van der Waals surface area contributed by atoms with Crippen molar-refractivity contribution in [2.24, 2.45) is 0 Å². The molecule has 0 radical (unpaired) electrons. The number of aliphatic hydroxyl groups excluding tert-OH is 1. The molecule has 4 heteroatoms. The summed E-state index contributed by atoms with van der Waals surface area (Å²) < 4.78 is 12.6. The van der Waals surface area contributed by atoms with Crippen molar-refractivity contribution in [3.05, 3.63) is 35.6 Å². The molecule has 0 aliphatic rings. The number of nitrogens with one attached hydrogen (secondary N) is 1. The predicted molar refractivity (Wildman–Crippen MR) is 64.0 cm³/mol. The highest BCUT2D eigenvalue weighted by Crippen LogP contribution is 2.03. The van der Waals surface area contributed by atoms with Gasteiger partial charge in [0, 0.05) is 6.54 Å². The third-order valence-electron chi connectivity index (χ3n) is 2.43. The zero-order chi connectivity index (χ0) is 12.7. The van der Waals surface area contributed by atoms with Gasteiger partial charge in [-0.2, -0.15) is 0 Å². The van der Waals surface area contributed by atoms with Gasteiger partial charge in [-0.05, 0) is 24.1 Å². The molecule has 17 heavy (non-hydrogen) atoms. The van der Waals surface area contributed by atoms with Crippen molar-refractivity contribution in [1.29, 1.82) is 0 Å². The molecule has 3 nitrogen and oxygen atoms in total. The van der Waals surface area contributed by atoms with Crippen LogP contribution in [0.4, 0.5) is 4.39 Å². The topological polar surface area (TPSA) is 49.3 Å². The first-order chi connectivity index (χ1) is 8.11. The van der Waals surface area contributed by atoms with Gasteiger partial charge in [0.15, 0.2) is 0 Å². The van der Waals surface area contributed by atoms with Crippen molar-refractivity contribution in [1.82, 2.24) is 5.32 Å².